The molecule has 0 saturated heterocycles. The molecule has 0 aliphatic heterocycles. The van der Waals surface area contributed by atoms with Gasteiger partial charge in [-0.05, 0) is 55.4 Å². The van der Waals surface area contributed by atoms with Gasteiger partial charge in [-0.15, -0.1) is 0 Å². The molecular weight excluding hydrogens is 420 g/mol. The summed E-state index contributed by atoms with van der Waals surface area (Å²) in [5.41, 5.74) is 4.18. The molecule has 8 heteroatoms. The third-order valence-corrected chi connectivity index (χ3v) is 6.33. The van der Waals surface area contributed by atoms with Crippen molar-refractivity contribution in [3.8, 4) is 34.3 Å². The lowest BCUT2D eigenvalue weighted by atomic mass is 9.81. The Labute approximate surface area is 194 Å². The van der Waals surface area contributed by atoms with Crippen molar-refractivity contribution in [3.05, 3.63) is 42.4 Å². The Morgan fingerprint density at radius 3 is 2.09 bits per heavy atom. The number of pyridine rings is 1. The minimum Gasteiger partial charge on any atom is -0.493 e. The Balaban J connectivity index is 1.47. The van der Waals surface area contributed by atoms with Crippen LogP contribution in [-0.4, -0.2) is 49.2 Å². The molecule has 1 fully saturated rings. The first-order valence-corrected chi connectivity index (χ1v) is 11.2. The standard InChI is InChI=1S/C25H32N4O4/c1-29-15-19(14-27-29)18-10-21(25(33-5)26-13-18)28-20-8-6-16(7-9-20)17-11-22(30-2)24(32-4)23(12-17)31-3/h10-16,20,28H,6-9H2,1-5H3. The average Bonchev–Trinajstić information content (AvgIpc) is 3.29. The number of hydrogen-bond donors (Lipinski definition) is 1. The molecule has 1 aromatic carbocycles. The van der Waals surface area contributed by atoms with Gasteiger partial charge in [-0.3, -0.25) is 4.68 Å². The van der Waals surface area contributed by atoms with E-state index in [-0.39, 0.29) is 0 Å². The van der Waals surface area contributed by atoms with Crippen LogP contribution in [0.3, 0.4) is 0 Å². The Morgan fingerprint density at radius 1 is 0.848 bits per heavy atom. The van der Waals surface area contributed by atoms with Crippen molar-refractivity contribution in [1.82, 2.24) is 14.8 Å². The van der Waals surface area contributed by atoms with Crippen LogP contribution in [0, 0.1) is 0 Å². The summed E-state index contributed by atoms with van der Waals surface area (Å²) in [5, 5.41) is 7.93. The van der Waals surface area contributed by atoms with Crippen molar-refractivity contribution >= 4 is 5.69 Å². The largest absolute Gasteiger partial charge is 0.493 e. The van der Waals surface area contributed by atoms with Crippen LogP contribution in [0.15, 0.2) is 36.8 Å². The van der Waals surface area contributed by atoms with E-state index in [2.05, 4.69) is 33.6 Å². The van der Waals surface area contributed by atoms with E-state index in [1.165, 1.54) is 5.56 Å². The smallest absolute Gasteiger partial charge is 0.237 e. The Bertz CT molecular complexity index is 1060. The SMILES string of the molecule is COc1cc(C2CCC(Nc3cc(-c4cnn(C)c4)cnc3OC)CC2)cc(OC)c1OC. The zero-order valence-corrected chi connectivity index (χ0v) is 19.9. The molecule has 0 radical (unpaired) electrons. The van der Waals surface area contributed by atoms with E-state index in [1.807, 2.05) is 25.6 Å². The van der Waals surface area contributed by atoms with Gasteiger partial charge in [0.1, 0.15) is 0 Å². The van der Waals surface area contributed by atoms with E-state index in [4.69, 9.17) is 18.9 Å². The van der Waals surface area contributed by atoms with E-state index in [9.17, 15) is 0 Å². The number of aryl methyl sites for hydroxylation is 1. The second-order valence-electron chi connectivity index (χ2n) is 8.34. The molecule has 0 bridgehead atoms. The number of anilines is 1. The van der Waals surface area contributed by atoms with Gasteiger partial charge in [0.15, 0.2) is 11.5 Å². The Morgan fingerprint density at radius 2 is 1.55 bits per heavy atom. The van der Waals surface area contributed by atoms with Crippen LogP contribution in [0.2, 0.25) is 0 Å². The lowest BCUT2D eigenvalue weighted by Gasteiger charge is -2.31. The number of methoxy groups -OCH3 is 4. The van der Waals surface area contributed by atoms with Gasteiger partial charge < -0.3 is 24.3 Å². The molecule has 3 aromatic rings. The van der Waals surface area contributed by atoms with E-state index >= 15 is 0 Å². The molecule has 8 nitrogen and oxygen atoms in total. The first-order chi connectivity index (χ1) is 16.1. The maximum Gasteiger partial charge on any atom is 0.237 e. The Kier molecular flexibility index (Phi) is 6.91. The summed E-state index contributed by atoms with van der Waals surface area (Å²) in [6.45, 7) is 0. The lowest BCUT2D eigenvalue weighted by Crippen LogP contribution is -2.25. The van der Waals surface area contributed by atoms with Crippen LogP contribution in [0.1, 0.15) is 37.2 Å². The van der Waals surface area contributed by atoms with Gasteiger partial charge in [0.25, 0.3) is 0 Å². The maximum atomic E-state index is 5.54. The van der Waals surface area contributed by atoms with E-state index in [0.29, 0.717) is 35.1 Å². The molecule has 2 aromatic heterocycles. The summed E-state index contributed by atoms with van der Waals surface area (Å²) in [6.07, 6.45) is 9.86. The number of nitrogens with one attached hydrogen (secondary N) is 1. The fraction of sp³-hybridized carbons (Fsp3) is 0.440. The van der Waals surface area contributed by atoms with Crippen molar-refractivity contribution < 1.29 is 18.9 Å². The van der Waals surface area contributed by atoms with Gasteiger partial charge in [0, 0.05) is 36.6 Å². The maximum absolute atomic E-state index is 5.54. The molecule has 1 aliphatic rings. The molecule has 2 heterocycles. The predicted octanol–water partition coefficient (Wildman–Crippen LogP) is 4.65. The average molecular weight is 453 g/mol. The molecule has 33 heavy (non-hydrogen) atoms. The summed E-state index contributed by atoms with van der Waals surface area (Å²) in [5.74, 6) is 3.09. The minimum absolute atomic E-state index is 0.350. The number of aromatic nitrogens is 3. The monoisotopic (exact) mass is 452 g/mol. The number of benzene rings is 1. The number of rotatable bonds is 8. The molecule has 1 N–H and O–H groups in total. The molecule has 0 atom stereocenters. The molecule has 1 saturated carbocycles. The van der Waals surface area contributed by atoms with Crippen LogP contribution in [-0.2, 0) is 7.05 Å². The molecule has 4 rings (SSSR count). The summed E-state index contributed by atoms with van der Waals surface area (Å²) in [7, 11) is 8.50. The van der Waals surface area contributed by atoms with Gasteiger partial charge in [-0.1, -0.05) is 0 Å². The number of ether oxygens (including phenoxy) is 4. The quantitative estimate of drug-likeness (QED) is 0.533. The second-order valence-corrected chi connectivity index (χ2v) is 8.34. The molecular formula is C25H32N4O4. The zero-order valence-electron chi connectivity index (χ0n) is 19.9. The third kappa shape index (κ3) is 4.84. The topological polar surface area (TPSA) is 79.7 Å². The van der Waals surface area contributed by atoms with Gasteiger partial charge in [-0.2, -0.15) is 5.10 Å². The van der Waals surface area contributed by atoms with E-state index in [0.717, 1.165) is 42.5 Å². The van der Waals surface area contributed by atoms with Crippen molar-refractivity contribution in [1.29, 1.82) is 0 Å². The highest BCUT2D eigenvalue weighted by molar-refractivity contribution is 5.69. The van der Waals surface area contributed by atoms with Crippen LogP contribution in [0.5, 0.6) is 23.1 Å². The summed E-state index contributed by atoms with van der Waals surface area (Å²) in [4.78, 5) is 4.50. The van der Waals surface area contributed by atoms with E-state index in [1.54, 1.807) is 33.1 Å². The summed E-state index contributed by atoms with van der Waals surface area (Å²) in [6, 6.07) is 6.59. The molecule has 0 unspecified atom stereocenters. The summed E-state index contributed by atoms with van der Waals surface area (Å²) >= 11 is 0. The molecule has 0 spiro atoms. The van der Waals surface area contributed by atoms with Gasteiger partial charge in [0.05, 0.1) is 40.3 Å². The second kappa shape index (κ2) is 10.0. The van der Waals surface area contributed by atoms with Crippen molar-refractivity contribution in [3.63, 3.8) is 0 Å². The first-order valence-electron chi connectivity index (χ1n) is 11.2. The minimum atomic E-state index is 0.350. The molecule has 1 aliphatic carbocycles. The highest BCUT2D eigenvalue weighted by Crippen LogP contribution is 2.43. The van der Waals surface area contributed by atoms with Crippen LogP contribution in [0.25, 0.3) is 11.1 Å². The van der Waals surface area contributed by atoms with E-state index < -0.39 is 0 Å². The van der Waals surface area contributed by atoms with Crippen molar-refractivity contribution in [2.75, 3.05) is 33.8 Å². The molecule has 0 amide bonds. The molecule has 176 valence electrons. The van der Waals surface area contributed by atoms with Crippen molar-refractivity contribution in [2.24, 2.45) is 7.05 Å². The van der Waals surface area contributed by atoms with Crippen molar-refractivity contribution in [2.45, 2.75) is 37.6 Å². The van der Waals surface area contributed by atoms with Gasteiger partial charge in [-0.25, -0.2) is 4.98 Å². The number of hydrogen-bond acceptors (Lipinski definition) is 7. The number of nitrogens with zero attached hydrogens (tertiary/aromatic N) is 3. The zero-order chi connectivity index (χ0) is 23.4. The van der Waals surface area contributed by atoms with Crippen LogP contribution in [0.4, 0.5) is 5.69 Å². The fourth-order valence-electron chi connectivity index (χ4n) is 4.57. The third-order valence-electron chi connectivity index (χ3n) is 6.33. The highest BCUT2D eigenvalue weighted by atomic mass is 16.5. The van der Waals surface area contributed by atoms with Gasteiger partial charge >= 0.3 is 0 Å². The summed E-state index contributed by atoms with van der Waals surface area (Å²) < 4.78 is 23.8. The van der Waals surface area contributed by atoms with Crippen LogP contribution >= 0.6 is 0 Å². The lowest BCUT2D eigenvalue weighted by molar-refractivity contribution is 0.322. The fourth-order valence-corrected chi connectivity index (χ4v) is 4.57. The first kappa shape index (κ1) is 22.8. The Hall–Kier alpha value is -3.42. The predicted molar refractivity (Wildman–Crippen MR) is 128 cm³/mol. The normalized spacial score (nSPS) is 18.0. The van der Waals surface area contributed by atoms with Crippen LogP contribution < -0.4 is 24.3 Å². The van der Waals surface area contributed by atoms with Gasteiger partial charge in [0.2, 0.25) is 11.6 Å². The highest BCUT2D eigenvalue weighted by Gasteiger charge is 2.25.